The Morgan fingerprint density at radius 3 is 2.77 bits per heavy atom. The molecule has 0 saturated carbocycles. The van der Waals surface area contributed by atoms with Gasteiger partial charge in [0.05, 0.1) is 33.4 Å². The number of aromatic nitrogens is 4. The minimum Gasteiger partial charge on any atom is -0.494 e. The Morgan fingerprint density at radius 1 is 1.11 bits per heavy atom. The summed E-state index contributed by atoms with van der Waals surface area (Å²) in [5.74, 6) is 0.308. The van der Waals surface area contributed by atoms with E-state index in [-0.39, 0.29) is 0 Å². The van der Waals surface area contributed by atoms with Gasteiger partial charge in [-0.1, -0.05) is 11.3 Å². The summed E-state index contributed by atoms with van der Waals surface area (Å²) in [4.78, 5) is 41.6. The number of rotatable bonds is 7. The molecule has 35 heavy (non-hydrogen) atoms. The van der Waals surface area contributed by atoms with E-state index in [9.17, 15) is 9.59 Å². The molecule has 5 rings (SSSR count). The van der Waals surface area contributed by atoms with Crippen LogP contribution in [0.1, 0.15) is 24.2 Å². The van der Waals surface area contributed by atoms with Crippen molar-refractivity contribution in [3.8, 4) is 17.1 Å². The van der Waals surface area contributed by atoms with Gasteiger partial charge >= 0.3 is 5.97 Å². The van der Waals surface area contributed by atoms with E-state index in [1.54, 1.807) is 30.6 Å². The first-order valence-electron chi connectivity index (χ1n) is 11.0. The molecule has 0 spiro atoms. The number of nitrogens with one attached hydrogen (secondary N) is 2. The second-order valence-electron chi connectivity index (χ2n) is 7.68. The number of thiazole rings is 1. The number of ether oxygens (including phenoxy) is 2. The molecule has 0 aliphatic heterocycles. The normalized spacial score (nSPS) is 11.9. The number of benzene rings is 2. The van der Waals surface area contributed by atoms with Crippen LogP contribution in [0.15, 0.2) is 60.9 Å². The lowest BCUT2D eigenvalue weighted by atomic mass is 10.2. The van der Waals surface area contributed by atoms with Gasteiger partial charge in [-0.15, -0.1) is 0 Å². The number of carbonyl (C=O) groups excluding carboxylic acids is 2. The van der Waals surface area contributed by atoms with E-state index >= 15 is 0 Å². The highest BCUT2D eigenvalue weighted by molar-refractivity contribution is 7.22. The Morgan fingerprint density at radius 2 is 1.97 bits per heavy atom. The van der Waals surface area contributed by atoms with Crippen molar-refractivity contribution in [2.24, 2.45) is 0 Å². The van der Waals surface area contributed by atoms with Crippen molar-refractivity contribution in [2.75, 3.05) is 11.9 Å². The highest BCUT2D eigenvalue weighted by Gasteiger charge is 2.21. The fourth-order valence-corrected chi connectivity index (χ4v) is 4.38. The van der Waals surface area contributed by atoms with Crippen LogP contribution in [-0.4, -0.2) is 44.5 Å². The third-order valence-corrected chi connectivity index (χ3v) is 6.14. The van der Waals surface area contributed by atoms with Gasteiger partial charge in [0.15, 0.2) is 11.2 Å². The van der Waals surface area contributed by atoms with Crippen LogP contribution in [0.4, 0.5) is 5.13 Å². The predicted molar refractivity (Wildman–Crippen MR) is 134 cm³/mol. The number of anilines is 1. The maximum absolute atomic E-state index is 12.7. The average molecular weight is 488 g/mol. The molecule has 0 saturated heterocycles. The van der Waals surface area contributed by atoms with Crippen molar-refractivity contribution < 1.29 is 19.1 Å². The molecule has 0 radical (unpaired) electrons. The molecule has 1 unspecified atom stereocenters. The third-order valence-electron chi connectivity index (χ3n) is 5.21. The molecule has 5 aromatic rings. The minimum absolute atomic E-state index is 0.307. The number of nitrogens with zero attached hydrogens (tertiary/aromatic N) is 3. The number of hydrogen-bond donors (Lipinski definition) is 2. The molecular weight excluding hydrogens is 466 g/mol. The van der Waals surface area contributed by atoms with Gasteiger partial charge < -0.3 is 14.5 Å². The first-order valence-corrected chi connectivity index (χ1v) is 11.8. The van der Waals surface area contributed by atoms with Gasteiger partial charge in [0, 0.05) is 18.0 Å². The molecule has 3 aromatic heterocycles. The second kappa shape index (κ2) is 9.51. The maximum Gasteiger partial charge on any atom is 0.338 e. The van der Waals surface area contributed by atoms with Gasteiger partial charge in [-0.3, -0.25) is 15.1 Å². The number of imidazole rings is 1. The molecule has 0 fully saturated rings. The van der Waals surface area contributed by atoms with E-state index in [1.807, 2.05) is 37.3 Å². The second-order valence-corrected chi connectivity index (χ2v) is 8.71. The van der Waals surface area contributed by atoms with Crippen molar-refractivity contribution in [2.45, 2.75) is 20.0 Å². The van der Waals surface area contributed by atoms with E-state index in [1.165, 1.54) is 18.3 Å². The van der Waals surface area contributed by atoms with E-state index in [2.05, 4.69) is 25.3 Å². The molecule has 176 valence electrons. The summed E-state index contributed by atoms with van der Waals surface area (Å²) in [6.45, 7) is 4.00. The van der Waals surface area contributed by atoms with Gasteiger partial charge in [-0.2, -0.15) is 0 Å². The zero-order valence-electron chi connectivity index (χ0n) is 18.9. The van der Waals surface area contributed by atoms with E-state index in [0.29, 0.717) is 34.2 Å². The van der Waals surface area contributed by atoms with Crippen molar-refractivity contribution in [1.82, 2.24) is 19.9 Å². The molecule has 2 aromatic carbocycles. The van der Waals surface area contributed by atoms with E-state index in [4.69, 9.17) is 9.47 Å². The average Bonchev–Trinajstić information content (AvgIpc) is 3.47. The van der Waals surface area contributed by atoms with Crippen molar-refractivity contribution >= 4 is 49.6 Å². The molecule has 1 amide bonds. The number of carbonyl (C=O) groups is 2. The van der Waals surface area contributed by atoms with Crippen LogP contribution in [0.25, 0.3) is 32.6 Å². The Labute approximate surface area is 204 Å². The molecule has 10 heteroatoms. The largest absolute Gasteiger partial charge is 0.494 e. The predicted octanol–water partition coefficient (Wildman–Crippen LogP) is 4.82. The Bertz CT molecular complexity index is 1530. The number of esters is 1. The quantitative estimate of drug-likeness (QED) is 0.316. The lowest BCUT2D eigenvalue weighted by molar-refractivity contribution is -0.123. The monoisotopic (exact) mass is 487 g/mol. The lowest BCUT2D eigenvalue weighted by Gasteiger charge is -2.12. The summed E-state index contributed by atoms with van der Waals surface area (Å²) < 4.78 is 11.8. The fourth-order valence-electron chi connectivity index (χ4n) is 3.48. The van der Waals surface area contributed by atoms with Crippen LogP contribution in [0, 0.1) is 0 Å². The summed E-state index contributed by atoms with van der Waals surface area (Å²) in [7, 11) is 0. The van der Waals surface area contributed by atoms with Gasteiger partial charge in [0.1, 0.15) is 11.6 Å². The standard InChI is InChI=1S/C25H21N5O4S/c1-3-33-17-7-9-19-21(12-17)35-25(29-19)30-23(31)14(2)34-24(32)15-6-8-18-20(11-15)28-22(27-18)16-5-4-10-26-13-16/h4-14H,3H2,1-2H3,(H,27,28)(H,29,30,31). The van der Waals surface area contributed by atoms with Gasteiger partial charge in [0.2, 0.25) is 0 Å². The molecule has 1 atom stereocenters. The molecule has 3 heterocycles. The van der Waals surface area contributed by atoms with Gasteiger partial charge in [-0.25, -0.2) is 14.8 Å². The molecule has 0 aliphatic carbocycles. The molecule has 9 nitrogen and oxygen atoms in total. The lowest BCUT2D eigenvalue weighted by Crippen LogP contribution is -2.29. The zero-order valence-corrected chi connectivity index (χ0v) is 19.8. The fraction of sp³-hybridized carbons (Fsp3) is 0.160. The minimum atomic E-state index is -1.02. The van der Waals surface area contributed by atoms with Crippen LogP contribution in [0.3, 0.4) is 0 Å². The van der Waals surface area contributed by atoms with E-state index < -0.39 is 18.0 Å². The van der Waals surface area contributed by atoms with E-state index in [0.717, 1.165) is 21.5 Å². The highest BCUT2D eigenvalue weighted by atomic mass is 32.1. The SMILES string of the molecule is CCOc1ccc2nc(NC(=O)C(C)OC(=O)c3ccc4nc(-c5cccnc5)[nH]c4c3)sc2c1. The summed E-state index contributed by atoms with van der Waals surface area (Å²) >= 11 is 1.32. The Kier molecular flexibility index (Phi) is 6.11. The van der Waals surface area contributed by atoms with Crippen LogP contribution in [0.5, 0.6) is 5.75 Å². The van der Waals surface area contributed by atoms with Crippen LogP contribution >= 0.6 is 11.3 Å². The smallest absolute Gasteiger partial charge is 0.338 e. The summed E-state index contributed by atoms with van der Waals surface area (Å²) in [5.41, 5.74) is 3.27. The van der Waals surface area contributed by atoms with Crippen molar-refractivity contribution in [3.05, 3.63) is 66.5 Å². The van der Waals surface area contributed by atoms with Crippen LogP contribution < -0.4 is 10.1 Å². The number of fused-ring (bicyclic) bond motifs is 2. The molecule has 0 aliphatic rings. The van der Waals surface area contributed by atoms with Crippen LogP contribution in [0.2, 0.25) is 0 Å². The summed E-state index contributed by atoms with van der Waals surface area (Å²) in [6.07, 6.45) is 2.38. The third kappa shape index (κ3) is 4.82. The number of pyridine rings is 1. The number of amides is 1. The number of aromatic amines is 1. The van der Waals surface area contributed by atoms with Gasteiger partial charge in [0.25, 0.3) is 5.91 Å². The van der Waals surface area contributed by atoms with Crippen molar-refractivity contribution in [1.29, 1.82) is 0 Å². The molecule has 2 N–H and O–H groups in total. The highest BCUT2D eigenvalue weighted by Crippen LogP contribution is 2.29. The first-order chi connectivity index (χ1) is 17.0. The topological polar surface area (TPSA) is 119 Å². The van der Waals surface area contributed by atoms with Crippen molar-refractivity contribution in [3.63, 3.8) is 0 Å². The summed E-state index contributed by atoms with van der Waals surface area (Å²) in [6, 6.07) is 14.3. The maximum atomic E-state index is 12.7. The Hall–Kier alpha value is -4.31. The Balaban J connectivity index is 1.26. The number of hydrogen-bond acceptors (Lipinski definition) is 8. The molecular formula is C25H21N5O4S. The zero-order chi connectivity index (χ0) is 24.4. The summed E-state index contributed by atoms with van der Waals surface area (Å²) in [5, 5.41) is 3.14. The van der Waals surface area contributed by atoms with Crippen LogP contribution in [-0.2, 0) is 9.53 Å². The molecule has 0 bridgehead atoms. The first kappa shape index (κ1) is 22.5. The van der Waals surface area contributed by atoms with Gasteiger partial charge in [-0.05, 0) is 62.4 Å². The number of H-pyrrole nitrogens is 1.